The number of carbonyl (C=O) groups excluding carboxylic acids is 1. The van der Waals surface area contributed by atoms with Gasteiger partial charge in [-0.3, -0.25) is 4.79 Å². The SMILES string of the molecule is C1=Cc2ccccc2C1.O=Cc1ccccc1. The van der Waals surface area contributed by atoms with Crippen molar-refractivity contribution in [2.75, 3.05) is 0 Å². The maximum atomic E-state index is 10.0. The van der Waals surface area contributed by atoms with Crippen LogP contribution in [0.25, 0.3) is 6.08 Å². The van der Waals surface area contributed by atoms with Crippen LogP contribution in [0, 0.1) is 0 Å². The molecule has 0 amide bonds. The average Bonchev–Trinajstić information content (AvgIpc) is 2.89. The fraction of sp³-hybridized carbons (Fsp3) is 0.0625. The highest BCUT2D eigenvalue weighted by Gasteiger charge is 2.00. The maximum Gasteiger partial charge on any atom is 0.150 e. The van der Waals surface area contributed by atoms with Gasteiger partial charge < -0.3 is 0 Å². The van der Waals surface area contributed by atoms with Crippen molar-refractivity contribution < 1.29 is 4.79 Å². The van der Waals surface area contributed by atoms with Crippen molar-refractivity contribution in [3.05, 3.63) is 77.4 Å². The minimum absolute atomic E-state index is 0.729. The van der Waals surface area contributed by atoms with Crippen molar-refractivity contribution in [1.29, 1.82) is 0 Å². The van der Waals surface area contributed by atoms with Crippen molar-refractivity contribution >= 4 is 12.4 Å². The van der Waals surface area contributed by atoms with Crippen LogP contribution < -0.4 is 0 Å². The Labute approximate surface area is 101 Å². The van der Waals surface area contributed by atoms with Crippen LogP contribution in [0.5, 0.6) is 0 Å². The molecule has 1 aliphatic carbocycles. The third-order valence-electron chi connectivity index (χ3n) is 2.63. The topological polar surface area (TPSA) is 17.1 Å². The molecule has 17 heavy (non-hydrogen) atoms. The molecular weight excluding hydrogens is 208 g/mol. The molecule has 1 nitrogen and oxygen atoms in total. The number of rotatable bonds is 1. The Bertz CT molecular complexity index is 512. The van der Waals surface area contributed by atoms with Gasteiger partial charge in [0.2, 0.25) is 0 Å². The second-order valence-corrected chi connectivity index (χ2v) is 3.83. The third kappa shape index (κ3) is 3.15. The Morgan fingerprint density at radius 1 is 0.882 bits per heavy atom. The predicted molar refractivity (Wildman–Crippen MR) is 71.0 cm³/mol. The van der Waals surface area contributed by atoms with Gasteiger partial charge in [-0.1, -0.05) is 66.7 Å². The largest absolute Gasteiger partial charge is 0.298 e. The lowest BCUT2D eigenvalue weighted by Gasteiger charge is -1.93. The van der Waals surface area contributed by atoms with Gasteiger partial charge in [0.1, 0.15) is 6.29 Å². The Balaban J connectivity index is 0.000000128. The second kappa shape index (κ2) is 5.80. The first-order valence-electron chi connectivity index (χ1n) is 5.65. The van der Waals surface area contributed by atoms with Crippen molar-refractivity contribution in [2.45, 2.75) is 6.42 Å². The predicted octanol–water partition coefficient (Wildman–Crippen LogP) is 3.76. The molecule has 1 aliphatic rings. The lowest BCUT2D eigenvalue weighted by molar-refractivity contribution is 0.112. The summed E-state index contributed by atoms with van der Waals surface area (Å²) in [5.74, 6) is 0. The van der Waals surface area contributed by atoms with Crippen molar-refractivity contribution in [3.8, 4) is 0 Å². The van der Waals surface area contributed by atoms with Crippen LogP contribution in [0.4, 0.5) is 0 Å². The molecule has 0 radical (unpaired) electrons. The molecular formula is C16H14O. The molecule has 0 unspecified atom stereocenters. The van der Waals surface area contributed by atoms with Gasteiger partial charge in [-0.2, -0.15) is 0 Å². The highest BCUT2D eigenvalue weighted by molar-refractivity contribution is 5.74. The standard InChI is InChI=1S/C9H8.C7H6O/c1-2-5-9-7-3-6-8(9)4-1;8-6-7-4-2-1-3-5-7/h1-6H,7H2;1-6H. The van der Waals surface area contributed by atoms with E-state index in [2.05, 4.69) is 36.4 Å². The van der Waals surface area contributed by atoms with E-state index in [1.807, 2.05) is 18.2 Å². The van der Waals surface area contributed by atoms with Crippen molar-refractivity contribution in [2.24, 2.45) is 0 Å². The lowest BCUT2D eigenvalue weighted by atomic mass is 10.1. The molecule has 0 saturated heterocycles. The molecule has 0 aliphatic heterocycles. The van der Waals surface area contributed by atoms with Gasteiger partial charge in [0, 0.05) is 5.56 Å². The van der Waals surface area contributed by atoms with Gasteiger partial charge >= 0.3 is 0 Å². The van der Waals surface area contributed by atoms with E-state index in [1.165, 1.54) is 11.1 Å². The van der Waals surface area contributed by atoms with Crippen LogP contribution in [0.3, 0.4) is 0 Å². The van der Waals surface area contributed by atoms with E-state index in [1.54, 1.807) is 12.1 Å². The summed E-state index contributed by atoms with van der Waals surface area (Å²) in [4.78, 5) is 10.0. The van der Waals surface area contributed by atoms with E-state index >= 15 is 0 Å². The zero-order chi connectivity index (χ0) is 11.9. The van der Waals surface area contributed by atoms with Crippen molar-refractivity contribution in [1.82, 2.24) is 0 Å². The molecule has 0 atom stereocenters. The van der Waals surface area contributed by atoms with Gasteiger partial charge in [-0.05, 0) is 17.5 Å². The molecule has 2 aromatic rings. The zero-order valence-electron chi connectivity index (χ0n) is 9.54. The average molecular weight is 222 g/mol. The van der Waals surface area contributed by atoms with E-state index < -0.39 is 0 Å². The van der Waals surface area contributed by atoms with E-state index in [0.717, 1.165) is 18.3 Å². The molecule has 0 heterocycles. The van der Waals surface area contributed by atoms with Crippen LogP contribution in [0.1, 0.15) is 21.5 Å². The summed E-state index contributed by atoms with van der Waals surface area (Å²) >= 11 is 0. The number of hydrogen-bond donors (Lipinski definition) is 0. The number of fused-ring (bicyclic) bond motifs is 1. The first kappa shape index (κ1) is 11.3. The molecule has 0 spiro atoms. The Morgan fingerprint density at radius 3 is 2.24 bits per heavy atom. The third-order valence-corrected chi connectivity index (χ3v) is 2.63. The Kier molecular flexibility index (Phi) is 3.87. The summed E-state index contributed by atoms with van der Waals surface area (Å²) in [7, 11) is 0. The van der Waals surface area contributed by atoms with Gasteiger partial charge in [-0.15, -0.1) is 0 Å². The van der Waals surface area contributed by atoms with E-state index in [0.29, 0.717) is 0 Å². The summed E-state index contributed by atoms with van der Waals surface area (Å²) in [6, 6.07) is 17.6. The Hall–Kier alpha value is -2.15. The molecule has 0 aromatic heterocycles. The van der Waals surface area contributed by atoms with Crippen LogP contribution >= 0.6 is 0 Å². The summed E-state index contributed by atoms with van der Waals surface area (Å²) in [6.07, 6.45) is 6.33. The summed E-state index contributed by atoms with van der Waals surface area (Å²) in [5.41, 5.74) is 3.57. The van der Waals surface area contributed by atoms with Crippen LogP contribution in [0.15, 0.2) is 60.7 Å². The fourth-order valence-electron chi connectivity index (χ4n) is 1.73. The van der Waals surface area contributed by atoms with E-state index in [4.69, 9.17) is 0 Å². The van der Waals surface area contributed by atoms with E-state index in [-0.39, 0.29) is 0 Å². The molecule has 0 saturated carbocycles. The first-order valence-corrected chi connectivity index (χ1v) is 5.65. The fourth-order valence-corrected chi connectivity index (χ4v) is 1.73. The molecule has 0 fully saturated rings. The molecule has 3 rings (SSSR count). The summed E-state index contributed by atoms with van der Waals surface area (Å²) in [6.45, 7) is 0. The van der Waals surface area contributed by atoms with Gasteiger partial charge in [-0.25, -0.2) is 0 Å². The summed E-state index contributed by atoms with van der Waals surface area (Å²) < 4.78 is 0. The highest BCUT2D eigenvalue weighted by Crippen LogP contribution is 2.17. The van der Waals surface area contributed by atoms with Crippen LogP contribution in [-0.2, 0) is 6.42 Å². The quantitative estimate of drug-likeness (QED) is 0.671. The monoisotopic (exact) mass is 222 g/mol. The zero-order valence-corrected chi connectivity index (χ0v) is 9.54. The molecule has 2 aromatic carbocycles. The molecule has 1 heteroatoms. The molecule has 84 valence electrons. The number of hydrogen-bond acceptors (Lipinski definition) is 1. The number of allylic oxidation sites excluding steroid dienone is 1. The molecule has 0 N–H and O–H groups in total. The van der Waals surface area contributed by atoms with E-state index in [9.17, 15) is 4.79 Å². The highest BCUT2D eigenvalue weighted by atomic mass is 16.1. The van der Waals surface area contributed by atoms with Crippen molar-refractivity contribution in [3.63, 3.8) is 0 Å². The Morgan fingerprint density at radius 2 is 1.59 bits per heavy atom. The van der Waals surface area contributed by atoms with Gasteiger partial charge in [0.05, 0.1) is 0 Å². The number of benzene rings is 2. The summed E-state index contributed by atoms with van der Waals surface area (Å²) in [5, 5.41) is 0. The van der Waals surface area contributed by atoms with Gasteiger partial charge in [0.15, 0.2) is 0 Å². The van der Waals surface area contributed by atoms with Gasteiger partial charge in [0.25, 0.3) is 0 Å². The van der Waals surface area contributed by atoms with Crippen LogP contribution in [0.2, 0.25) is 0 Å². The minimum atomic E-state index is 0.729. The number of aldehydes is 1. The normalized spacial score (nSPS) is 11.3. The van der Waals surface area contributed by atoms with Crippen LogP contribution in [-0.4, -0.2) is 6.29 Å². The lowest BCUT2D eigenvalue weighted by Crippen LogP contribution is -1.76. The number of carbonyl (C=O) groups is 1. The second-order valence-electron chi connectivity index (χ2n) is 3.83. The smallest absolute Gasteiger partial charge is 0.150 e. The minimum Gasteiger partial charge on any atom is -0.298 e. The first-order chi connectivity index (χ1) is 8.40. The molecule has 0 bridgehead atoms. The maximum absolute atomic E-state index is 10.0.